The van der Waals surface area contributed by atoms with Gasteiger partial charge >= 0.3 is 6.03 Å². The molecular formula is C16H18N2O. The van der Waals surface area contributed by atoms with Crippen molar-refractivity contribution in [1.82, 2.24) is 5.32 Å². The van der Waals surface area contributed by atoms with E-state index in [9.17, 15) is 4.79 Å². The zero-order chi connectivity index (χ0) is 13.7. The Morgan fingerprint density at radius 1 is 1.11 bits per heavy atom. The molecule has 3 heteroatoms. The molecule has 2 amide bonds. The molecule has 1 aliphatic rings. The predicted molar refractivity (Wildman–Crippen MR) is 78.9 cm³/mol. The zero-order valence-corrected chi connectivity index (χ0v) is 11.2. The molecule has 0 aromatic heterocycles. The maximum Gasteiger partial charge on any atom is 0.323 e. The number of urea groups is 1. The zero-order valence-electron chi connectivity index (χ0n) is 11.2. The number of allylic oxidation sites excluding steroid dienone is 5. The lowest BCUT2D eigenvalue weighted by molar-refractivity contribution is 0.254. The van der Waals surface area contributed by atoms with Crippen LogP contribution in [0.5, 0.6) is 0 Å². The first kappa shape index (κ1) is 13.1. The third kappa shape index (κ3) is 3.85. The quantitative estimate of drug-likeness (QED) is 0.825. The lowest BCUT2D eigenvalue weighted by Gasteiger charge is -2.11. The molecule has 0 saturated heterocycles. The normalized spacial score (nSPS) is 14.2. The standard InChI is InChI=1S/C16H18N2O/c1-12-8-10-14(11-9-12)17-16(19)18-15-7-5-3-4-6-13(15)2/h3-4,6-11H,5H2,1-2H3,(H2,17,18,19). The minimum absolute atomic E-state index is 0.218. The van der Waals surface area contributed by atoms with Crippen molar-refractivity contribution in [2.75, 3.05) is 5.32 Å². The van der Waals surface area contributed by atoms with Crippen LogP contribution in [0.25, 0.3) is 0 Å². The highest BCUT2D eigenvalue weighted by Gasteiger charge is 2.06. The molecule has 2 rings (SSSR count). The molecule has 2 N–H and O–H groups in total. The van der Waals surface area contributed by atoms with Crippen molar-refractivity contribution in [3.05, 3.63) is 65.4 Å². The fourth-order valence-corrected chi connectivity index (χ4v) is 1.80. The number of benzene rings is 1. The molecule has 1 aliphatic carbocycles. The third-order valence-electron chi connectivity index (χ3n) is 2.92. The van der Waals surface area contributed by atoms with Gasteiger partial charge < -0.3 is 10.6 Å². The number of nitrogens with one attached hydrogen (secondary N) is 2. The first-order valence-electron chi connectivity index (χ1n) is 6.34. The van der Waals surface area contributed by atoms with Gasteiger partial charge in [-0.15, -0.1) is 0 Å². The van der Waals surface area contributed by atoms with Gasteiger partial charge in [0.05, 0.1) is 0 Å². The summed E-state index contributed by atoms with van der Waals surface area (Å²) >= 11 is 0. The van der Waals surface area contributed by atoms with Crippen molar-refractivity contribution >= 4 is 11.7 Å². The number of anilines is 1. The molecule has 0 fully saturated rings. The van der Waals surface area contributed by atoms with Gasteiger partial charge in [0, 0.05) is 11.4 Å². The van der Waals surface area contributed by atoms with E-state index in [1.165, 1.54) is 5.56 Å². The molecule has 3 nitrogen and oxygen atoms in total. The van der Waals surface area contributed by atoms with Gasteiger partial charge in [0.15, 0.2) is 0 Å². The van der Waals surface area contributed by atoms with E-state index in [4.69, 9.17) is 0 Å². The van der Waals surface area contributed by atoms with Gasteiger partial charge in [0.1, 0.15) is 0 Å². The predicted octanol–water partition coefficient (Wildman–Crippen LogP) is 3.91. The van der Waals surface area contributed by atoms with Crippen LogP contribution >= 0.6 is 0 Å². The molecular weight excluding hydrogens is 236 g/mol. The Labute approximate surface area is 113 Å². The number of amides is 2. The fourth-order valence-electron chi connectivity index (χ4n) is 1.80. The average molecular weight is 254 g/mol. The van der Waals surface area contributed by atoms with Gasteiger partial charge in [-0.3, -0.25) is 0 Å². The molecule has 0 atom stereocenters. The molecule has 1 aromatic carbocycles. The van der Waals surface area contributed by atoms with Crippen LogP contribution in [-0.2, 0) is 0 Å². The molecule has 0 unspecified atom stereocenters. The average Bonchev–Trinajstić information content (AvgIpc) is 2.58. The molecule has 1 aromatic rings. The van der Waals surface area contributed by atoms with E-state index in [0.717, 1.165) is 23.4 Å². The molecule has 98 valence electrons. The first-order chi connectivity index (χ1) is 9.15. The fraction of sp³-hybridized carbons (Fsp3) is 0.188. The van der Waals surface area contributed by atoms with Crippen LogP contribution in [0, 0.1) is 6.92 Å². The summed E-state index contributed by atoms with van der Waals surface area (Å²) in [6, 6.07) is 7.50. The molecule has 19 heavy (non-hydrogen) atoms. The Morgan fingerprint density at radius 3 is 2.58 bits per heavy atom. The van der Waals surface area contributed by atoms with Gasteiger partial charge in [-0.1, -0.05) is 42.0 Å². The number of rotatable bonds is 2. The van der Waals surface area contributed by atoms with Crippen LogP contribution in [0.3, 0.4) is 0 Å². The van der Waals surface area contributed by atoms with Crippen LogP contribution in [0.2, 0.25) is 0 Å². The number of hydrogen-bond donors (Lipinski definition) is 2. The van der Waals surface area contributed by atoms with E-state index in [0.29, 0.717) is 0 Å². The van der Waals surface area contributed by atoms with Crippen LogP contribution in [0.1, 0.15) is 18.9 Å². The lowest BCUT2D eigenvalue weighted by Crippen LogP contribution is -2.28. The highest BCUT2D eigenvalue weighted by atomic mass is 16.2. The van der Waals surface area contributed by atoms with Gasteiger partial charge in [-0.25, -0.2) is 4.79 Å². The molecule has 0 aliphatic heterocycles. The highest BCUT2D eigenvalue weighted by Crippen LogP contribution is 2.12. The Balaban J connectivity index is 1.98. The monoisotopic (exact) mass is 254 g/mol. The van der Waals surface area contributed by atoms with E-state index in [2.05, 4.69) is 16.7 Å². The first-order valence-corrected chi connectivity index (χ1v) is 6.34. The van der Waals surface area contributed by atoms with Gasteiger partial charge in [-0.05, 0) is 38.0 Å². The smallest absolute Gasteiger partial charge is 0.308 e. The number of carbonyl (C=O) groups excluding carboxylic acids is 1. The summed E-state index contributed by atoms with van der Waals surface area (Å²) in [5.74, 6) is 0. The van der Waals surface area contributed by atoms with Crippen LogP contribution in [0.4, 0.5) is 10.5 Å². The van der Waals surface area contributed by atoms with Gasteiger partial charge in [0.2, 0.25) is 0 Å². The Bertz CT molecular complexity index is 551. The van der Waals surface area contributed by atoms with Crippen molar-refractivity contribution in [1.29, 1.82) is 0 Å². The van der Waals surface area contributed by atoms with Crippen LogP contribution < -0.4 is 10.6 Å². The maximum atomic E-state index is 11.9. The molecule has 0 radical (unpaired) electrons. The van der Waals surface area contributed by atoms with Gasteiger partial charge in [-0.2, -0.15) is 0 Å². The summed E-state index contributed by atoms with van der Waals surface area (Å²) in [6.07, 6.45) is 8.87. The Kier molecular flexibility index (Phi) is 4.18. The lowest BCUT2D eigenvalue weighted by atomic mass is 10.2. The second-order valence-electron chi connectivity index (χ2n) is 4.58. The van der Waals surface area contributed by atoms with E-state index in [1.807, 2.05) is 56.3 Å². The number of carbonyl (C=O) groups is 1. The summed E-state index contributed by atoms with van der Waals surface area (Å²) in [7, 11) is 0. The highest BCUT2D eigenvalue weighted by molar-refractivity contribution is 5.90. The molecule has 0 heterocycles. The molecule has 0 saturated carbocycles. The topological polar surface area (TPSA) is 41.1 Å². The van der Waals surface area contributed by atoms with Crippen molar-refractivity contribution in [3.8, 4) is 0 Å². The maximum absolute atomic E-state index is 11.9. The largest absolute Gasteiger partial charge is 0.323 e. The number of aryl methyl sites for hydroxylation is 1. The summed E-state index contributed by atoms with van der Waals surface area (Å²) in [5, 5.41) is 5.69. The summed E-state index contributed by atoms with van der Waals surface area (Å²) in [6.45, 7) is 4.00. The van der Waals surface area contributed by atoms with Crippen LogP contribution in [-0.4, -0.2) is 6.03 Å². The van der Waals surface area contributed by atoms with Crippen molar-refractivity contribution in [2.45, 2.75) is 20.3 Å². The number of hydrogen-bond acceptors (Lipinski definition) is 1. The van der Waals surface area contributed by atoms with E-state index in [-0.39, 0.29) is 6.03 Å². The van der Waals surface area contributed by atoms with Gasteiger partial charge in [0.25, 0.3) is 0 Å². The molecule has 0 spiro atoms. The Morgan fingerprint density at radius 2 is 1.84 bits per heavy atom. The SMILES string of the molecule is CC1=CC=CCC=C1NC(=O)Nc1ccc(C)cc1. The summed E-state index contributed by atoms with van der Waals surface area (Å²) in [4.78, 5) is 11.9. The minimum Gasteiger partial charge on any atom is -0.308 e. The second-order valence-corrected chi connectivity index (χ2v) is 4.58. The molecule has 0 bridgehead atoms. The van der Waals surface area contributed by atoms with Crippen molar-refractivity contribution in [2.24, 2.45) is 0 Å². The second kappa shape index (κ2) is 6.05. The summed E-state index contributed by atoms with van der Waals surface area (Å²) < 4.78 is 0. The van der Waals surface area contributed by atoms with Crippen molar-refractivity contribution in [3.63, 3.8) is 0 Å². The third-order valence-corrected chi connectivity index (χ3v) is 2.92. The Hall–Kier alpha value is -2.29. The van der Waals surface area contributed by atoms with E-state index in [1.54, 1.807) is 0 Å². The van der Waals surface area contributed by atoms with Crippen LogP contribution in [0.15, 0.2) is 59.8 Å². The summed E-state index contributed by atoms with van der Waals surface area (Å²) in [5.41, 5.74) is 3.86. The minimum atomic E-state index is -0.218. The van der Waals surface area contributed by atoms with Crippen molar-refractivity contribution < 1.29 is 4.79 Å². The van der Waals surface area contributed by atoms with E-state index < -0.39 is 0 Å². The van der Waals surface area contributed by atoms with E-state index >= 15 is 0 Å².